The molecule has 3 aromatic rings. The summed E-state index contributed by atoms with van der Waals surface area (Å²) in [4.78, 5) is 4.81. The Morgan fingerprint density at radius 2 is 1.64 bits per heavy atom. The van der Waals surface area contributed by atoms with Gasteiger partial charge >= 0.3 is 0 Å². The average molecular weight is 285 g/mol. The van der Waals surface area contributed by atoms with Crippen molar-refractivity contribution in [2.45, 2.75) is 19.3 Å². The van der Waals surface area contributed by atoms with Crippen LogP contribution in [-0.2, 0) is 0 Å². The average Bonchev–Trinajstić information content (AvgIpc) is 3.05. The van der Waals surface area contributed by atoms with E-state index in [4.69, 9.17) is 4.99 Å². The largest absolute Gasteiger partial charge is 0.288 e. The highest BCUT2D eigenvalue weighted by Gasteiger charge is 2.21. The minimum Gasteiger partial charge on any atom is -0.288 e. The second-order valence-corrected chi connectivity index (χ2v) is 6.16. The van der Waals surface area contributed by atoms with Crippen LogP contribution in [0.1, 0.15) is 29.0 Å². The maximum Gasteiger partial charge on any atom is 0.0465 e. The van der Waals surface area contributed by atoms with Gasteiger partial charge in [0.25, 0.3) is 0 Å². The molecular formula is C21H19N. The first-order valence-electron chi connectivity index (χ1n) is 7.89. The molecule has 0 saturated heterocycles. The van der Waals surface area contributed by atoms with Crippen molar-refractivity contribution in [3.8, 4) is 0 Å². The Kier molecular flexibility index (Phi) is 3.27. The molecule has 0 N–H and O–H groups in total. The molecule has 0 radical (unpaired) electrons. The van der Waals surface area contributed by atoms with E-state index in [1.807, 2.05) is 0 Å². The number of hydrogen-bond donors (Lipinski definition) is 0. The van der Waals surface area contributed by atoms with Crippen molar-refractivity contribution in [1.82, 2.24) is 0 Å². The van der Waals surface area contributed by atoms with Crippen LogP contribution in [0.25, 0.3) is 10.8 Å². The van der Waals surface area contributed by atoms with Gasteiger partial charge in [-0.1, -0.05) is 66.2 Å². The molecule has 22 heavy (non-hydrogen) atoms. The zero-order valence-electron chi connectivity index (χ0n) is 12.8. The van der Waals surface area contributed by atoms with Gasteiger partial charge in [-0.2, -0.15) is 0 Å². The summed E-state index contributed by atoms with van der Waals surface area (Å²) in [5.41, 5.74) is 5.24. The van der Waals surface area contributed by atoms with Crippen LogP contribution in [0.4, 0.5) is 0 Å². The summed E-state index contributed by atoms with van der Waals surface area (Å²) in [6.07, 6.45) is 1.04. The Bertz CT molecular complexity index is 843. The van der Waals surface area contributed by atoms with Crippen molar-refractivity contribution in [2.75, 3.05) is 6.54 Å². The molecule has 0 fully saturated rings. The van der Waals surface area contributed by atoms with E-state index < -0.39 is 0 Å². The van der Waals surface area contributed by atoms with E-state index in [2.05, 4.69) is 73.7 Å². The maximum absolute atomic E-state index is 4.81. The highest BCUT2D eigenvalue weighted by Crippen LogP contribution is 2.29. The quantitative estimate of drug-likeness (QED) is 0.619. The lowest BCUT2D eigenvalue weighted by Gasteiger charge is -2.10. The van der Waals surface area contributed by atoms with Crippen LogP contribution in [-0.4, -0.2) is 12.3 Å². The lowest BCUT2D eigenvalue weighted by atomic mass is 9.93. The number of aliphatic imine (C=N–C) groups is 1. The number of aryl methyl sites for hydroxylation is 1. The predicted octanol–water partition coefficient (Wildman–Crippen LogP) is 5.12. The molecule has 1 aliphatic rings. The van der Waals surface area contributed by atoms with E-state index in [-0.39, 0.29) is 0 Å². The third-order valence-corrected chi connectivity index (χ3v) is 4.57. The van der Waals surface area contributed by atoms with Crippen molar-refractivity contribution in [2.24, 2.45) is 4.99 Å². The first-order valence-corrected chi connectivity index (χ1v) is 7.89. The number of nitrogens with zero attached hydrogens (tertiary/aromatic N) is 1. The fourth-order valence-electron chi connectivity index (χ4n) is 3.22. The summed E-state index contributed by atoms with van der Waals surface area (Å²) >= 11 is 0. The fourth-order valence-corrected chi connectivity index (χ4v) is 3.22. The lowest BCUT2D eigenvalue weighted by Crippen LogP contribution is -2.02. The number of rotatable bonds is 2. The molecule has 1 heteroatoms. The standard InChI is InChI=1S/C21H19N/c1-15-6-8-17(9-7-15)20-13-21(22-14-20)19-11-10-16-4-2-3-5-18(16)12-19/h2-12,20H,13-14H2,1H3. The van der Waals surface area contributed by atoms with Crippen molar-refractivity contribution < 1.29 is 0 Å². The van der Waals surface area contributed by atoms with E-state index >= 15 is 0 Å². The van der Waals surface area contributed by atoms with Gasteiger partial charge in [-0.05, 0) is 41.3 Å². The summed E-state index contributed by atoms with van der Waals surface area (Å²) in [5, 5.41) is 2.58. The van der Waals surface area contributed by atoms with Crippen LogP contribution in [0.2, 0.25) is 0 Å². The van der Waals surface area contributed by atoms with E-state index in [1.54, 1.807) is 0 Å². The van der Waals surface area contributed by atoms with Gasteiger partial charge in [-0.15, -0.1) is 0 Å². The lowest BCUT2D eigenvalue weighted by molar-refractivity contribution is 0.779. The van der Waals surface area contributed by atoms with Gasteiger partial charge in [0, 0.05) is 18.2 Å². The SMILES string of the molecule is Cc1ccc(C2CN=C(c3ccc4ccccc4c3)C2)cc1. The van der Waals surface area contributed by atoms with Gasteiger partial charge in [-0.25, -0.2) is 0 Å². The summed E-state index contributed by atoms with van der Waals surface area (Å²) < 4.78 is 0. The topological polar surface area (TPSA) is 12.4 Å². The summed E-state index contributed by atoms with van der Waals surface area (Å²) in [7, 11) is 0. The molecule has 108 valence electrons. The molecule has 4 rings (SSSR count). The van der Waals surface area contributed by atoms with Gasteiger partial charge in [0.1, 0.15) is 0 Å². The van der Waals surface area contributed by atoms with E-state index in [0.717, 1.165) is 13.0 Å². The molecule has 0 bridgehead atoms. The Morgan fingerprint density at radius 3 is 2.45 bits per heavy atom. The third-order valence-electron chi connectivity index (χ3n) is 4.57. The summed E-state index contributed by atoms with van der Waals surface area (Å²) in [6, 6.07) is 24.1. The van der Waals surface area contributed by atoms with Crippen LogP contribution < -0.4 is 0 Å². The van der Waals surface area contributed by atoms with Crippen LogP contribution >= 0.6 is 0 Å². The number of fused-ring (bicyclic) bond motifs is 1. The van der Waals surface area contributed by atoms with E-state index in [9.17, 15) is 0 Å². The molecule has 0 aromatic heterocycles. The Balaban J connectivity index is 1.59. The van der Waals surface area contributed by atoms with E-state index in [0.29, 0.717) is 5.92 Å². The van der Waals surface area contributed by atoms with Crippen LogP contribution in [0, 0.1) is 6.92 Å². The molecule has 0 amide bonds. The molecule has 1 atom stereocenters. The van der Waals surface area contributed by atoms with Crippen molar-refractivity contribution in [1.29, 1.82) is 0 Å². The van der Waals surface area contributed by atoms with Crippen molar-refractivity contribution >= 4 is 16.5 Å². The van der Waals surface area contributed by atoms with Crippen LogP contribution in [0.5, 0.6) is 0 Å². The van der Waals surface area contributed by atoms with Crippen LogP contribution in [0.3, 0.4) is 0 Å². The zero-order valence-corrected chi connectivity index (χ0v) is 12.8. The van der Waals surface area contributed by atoms with Crippen LogP contribution in [0.15, 0.2) is 71.7 Å². The first-order chi connectivity index (χ1) is 10.8. The molecular weight excluding hydrogens is 266 g/mol. The Hall–Kier alpha value is -2.41. The Morgan fingerprint density at radius 1 is 0.864 bits per heavy atom. The van der Waals surface area contributed by atoms with Gasteiger partial charge in [0.15, 0.2) is 0 Å². The Labute approximate surface area is 131 Å². The first kappa shape index (κ1) is 13.3. The second-order valence-electron chi connectivity index (χ2n) is 6.16. The molecule has 1 aliphatic heterocycles. The molecule has 3 aromatic carbocycles. The molecule has 1 unspecified atom stereocenters. The minimum atomic E-state index is 0.530. The van der Waals surface area contributed by atoms with Crippen molar-refractivity contribution in [3.05, 3.63) is 83.4 Å². The third kappa shape index (κ3) is 2.43. The number of hydrogen-bond acceptors (Lipinski definition) is 1. The molecule has 1 nitrogen and oxygen atoms in total. The highest BCUT2D eigenvalue weighted by molar-refractivity contribution is 6.04. The molecule has 0 spiro atoms. The van der Waals surface area contributed by atoms with Gasteiger partial charge in [0.2, 0.25) is 0 Å². The van der Waals surface area contributed by atoms with E-state index in [1.165, 1.54) is 33.2 Å². The maximum atomic E-state index is 4.81. The zero-order chi connectivity index (χ0) is 14.9. The smallest absolute Gasteiger partial charge is 0.0465 e. The molecule has 0 aliphatic carbocycles. The van der Waals surface area contributed by atoms with Crippen molar-refractivity contribution in [3.63, 3.8) is 0 Å². The molecule has 1 heterocycles. The minimum absolute atomic E-state index is 0.530. The fraction of sp³-hybridized carbons (Fsp3) is 0.190. The van der Waals surface area contributed by atoms with Gasteiger partial charge < -0.3 is 0 Å². The number of benzene rings is 3. The second kappa shape index (κ2) is 5.42. The predicted molar refractivity (Wildman–Crippen MR) is 93.9 cm³/mol. The molecule has 0 saturated carbocycles. The highest BCUT2D eigenvalue weighted by atomic mass is 14.8. The van der Waals surface area contributed by atoms with Gasteiger partial charge in [-0.3, -0.25) is 4.99 Å². The summed E-state index contributed by atoms with van der Waals surface area (Å²) in [6.45, 7) is 3.04. The normalized spacial score (nSPS) is 17.7. The monoisotopic (exact) mass is 285 g/mol. The van der Waals surface area contributed by atoms with Gasteiger partial charge in [0.05, 0.1) is 0 Å². The summed E-state index contributed by atoms with van der Waals surface area (Å²) in [5.74, 6) is 0.530.